The van der Waals surface area contributed by atoms with Crippen LogP contribution in [0.25, 0.3) is 11.4 Å². The first kappa shape index (κ1) is 18.4. The van der Waals surface area contributed by atoms with Gasteiger partial charge in [0, 0.05) is 29.6 Å². The zero-order valence-corrected chi connectivity index (χ0v) is 16.8. The van der Waals surface area contributed by atoms with E-state index >= 15 is 0 Å². The minimum Gasteiger partial charge on any atom is -0.342 e. The highest BCUT2D eigenvalue weighted by Gasteiger charge is 2.46. The van der Waals surface area contributed by atoms with Crippen molar-refractivity contribution in [3.63, 3.8) is 0 Å². The second-order valence-electron chi connectivity index (χ2n) is 7.95. The number of piperidine rings is 1. The smallest absolute Gasteiger partial charge is 0.231 e. The predicted molar refractivity (Wildman–Crippen MR) is 111 cm³/mol. The summed E-state index contributed by atoms with van der Waals surface area (Å²) in [4.78, 5) is 19.6. The van der Waals surface area contributed by atoms with E-state index in [-0.39, 0.29) is 17.7 Å². The maximum atomic E-state index is 13.0. The largest absolute Gasteiger partial charge is 0.342 e. The minimum absolute atomic E-state index is 0.0928. The summed E-state index contributed by atoms with van der Waals surface area (Å²) < 4.78 is 5.55. The van der Waals surface area contributed by atoms with Gasteiger partial charge in [0.2, 0.25) is 17.6 Å². The second-order valence-corrected chi connectivity index (χ2v) is 8.38. The standard InChI is InChI=1S/C23H22ClN3O2/c24-18-10-8-16(9-11-18)21-25-22(29-26-21)17-7-4-12-27(14-17)23(28)20-13-19(20)15-5-2-1-3-6-15/h1-3,5-6,8-11,17,19-20H,4,7,12-14H2. The summed E-state index contributed by atoms with van der Waals surface area (Å²) in [6, 6.07) is 17.7. The Bertz CT molecular complexity index is 1000. The van der Waals surface area contributed by atoms with Gasteiger partial charge in [-0.3, -0.25) is 4.79 Å². The molecule has 1 amide bonds. The Morgan fingerprint density at radius 3 is 2.69 bits per heavy atom. The summed E-state index contributed by atoms with van der Waals surface area (Å²) in [5, 5.41) is 4.80. The van der Waals surface area contributed by atoms with E-state index in [1.54, 1.807) is 0 Å². The van der Waals surface area contributed by atoms with Crippen LogP contribution in [0.5, 0.6) is 0 Å². The molecule has 5 nitrogen and oxygen atoms in total. The molecule has 0 spiro atoms. The molecule has 1 aliphatic carbocycles. The van der Waals surface area contributed by atoms with Gasteiger partial charge in [0.1, 0.15) is 0 Å². The maximum Gasteiger partial charge on any atom is 0.231 e. The molecule has 2 fully saturated rings. The van der Waals surface area contributed by atoms with Gasteiger partial charge in [-0.2, -0.15) is 4.98 Å². The van der Waals surface area contributed by atoms with Crippen molar-refractivity contribution < 1.29 is 9.32 Å². The van der Waals surface area contributed by atoms with Gasteiger partial charge in [0.05, 0.1) is 5.92 Å². The Hall–Kier alpha value is -2.66. The summed E-state index contributed by atoms with van der Waals surface area (Å²) in [5.41, 5.74) is 2.14. The molecular weight excluding hydrogens is 386 g/mol. The van der Waals surface area contributed by atoms with Crippen LogP contribution in [0.1, 0.15) is 42.6 Å². The summed E-state index contributed by atoms with van der Waals surface area (Å²) in [6.07, 6.45) is 2.86. The van der Waals surface area contributed by atoms with E-state index in [0.29, 0.717) is 29.2 Å². The third-order valence-electron chi connectivity index (χ3n) is 5.96. The number of rotatable bonds is 4. The van der Waals surface area contributed by atoms with Gasteiger partial charge in [0.25, 0.3) is 0 Å². The molecule has 2 aromatic carbocycles. The Morgan fingerprint density at radius 1 is 1.10 bits per heavy atom. The fourth-order valence-electron chi connectivity index (χ4n) is 4.27. The Balaban J connectivity index is 1.25. The molecule has 29 heavy (non-hydrogen) atoms. The monoisotopic (exact) mass is 407 g/mol. The van der Waals surface area contributed by atoms with Crippen molar-refractivity contribution in [1.82, 2.24) is 15.0 Å². The number of aromatic nitrogens is 2. The lowest BCUT2D eigenvalue weighted by atomic mass is 9.97. The highest BCUT2D eigenvalue weighted by molar-refractivity contribution is 6.30. The van der Waals surface area contributed by atoms with Crippen molar-refractivity contribution in [3.05, 3.63) is 71.1 Å². The van der Waals surface area contributed by atoms with Crippen LogP contribution in [0.4, 0.5) is 0 Å². The van der Waals surface area contributed by atoms with Crippen LogP contribution in [0.3, 0.4) is 0 Å². The number of benzene rings is 2. The third kappa shape index (κ3) is 3.79. The van der Waals surface area contributed by atoms with Crippen molar-refractivity contribution >= 4 is 17.5 Å². The number of nitrogens with zero attached hydrogens (tertiary/aromatic N) is 3. The van der Waals surface area contributed by atoms with Crippen LogP contribution in [-0.2, 0) is 4.79 Å². The molecule has 2 aliphatic rings. The van der Waals surface area contributed by atoms with E-state index in [0.717, 1.165) is 31.4 Å². The highest BCUT2D eigenvalue weighted by Crippen LogP contribution is 2.48. The normalized spacial score (nSPS) is 23.8. The molecule has 1 aliphatic heterocycles. The number of likely N-dealkylation sites (tertiary alicyclic amines) is 1. The first-order valence-electron chi connectivity index (χ1n) is 10.1. The topological polar surface area (TPSA) is 59.2 Å². The predicted octanol–water partition coefficient (Wildman–Crippen LogP) is 4.90. The number of hydrogen-bond acceptors (Lipinski definition) is 4. The average Bonchev–Trinajstić information content (AvgIpc) is 3.42. The molecule has 0 N–H and O–H groups in total. The van der Waals surface area contributed by atoms with Gasteiger partial charge in [0.15, 0.2) is 0 Å². The summed E-state index contributed by atoms with van der Waals surface area (Å²) in [6.45, 7) is 1.46. The third-order valence-corrected chi connectivity index (χ3v) is 6.21. The van der Waals surface area contributed by atoms with Crippen molar-refractivity contribution in [1.29, 1.82) is 0 Å². The zero-order valence-electron chi connectivity index (χ0n) is 16.0. The lowest BCUT2D eigenvalue weighted by Gasteiger charge is -2.31. The van der Waals surface area contributed by atoms with E-state index in [2.05, 4.69) is 22.3 Å². The first-order chi connectivity index (χ1) is 14.2. The Kier molecular flexibility index (Phi) is 4.84. The van der Waals surface area contributed by atoms with E-state index in [1.807, 2.05) is 47.4 Å². The van der Waals surface area contributed by atoms with Gasteiger partial charge in [-0.25, -0.2) is 0 Å². The minimum atomic E-state index is 0.0928. The lowest BCUT2D eigenvalue weighted by Crippen LogP contribution is -2.40. The molecule has 148 valence electrons. The van der Waals surface area contributed by atoms with Crippen LogP contribution in [0.15, 0.2) is 59.1 Å². The molecular formula is C23H22ClN3O2. The van der Waals surface area contributed by atoms with Crippen molar-refractivity contribution in [2.75, 3.05) is 13.1 Å². The van der Waals surface area contributed by atoms with Gasteiger partial charge < -0.3 is 9.42 Å². The highest BCUT2D eigenvalue weighted by atomic mass is 35.5. The zero-order chi connectivity index (χ0) is 19.8. The quantitative estimate of drug-likeness (QED) is 0.617. The summed E-state index contributed by atoms with van der Waals surface area (Å²) >= 11 is 5.95. The molecule has 5 rings (SSSR count). The van der Waals surface area contributed by atoms with Crippen molar-refractivity contribution in [3.8, 4) is 11.4 Å². The van der Waals surface area contributed by atoms with E-state index in [9.17, 15) is 4.79 Å². The van der Waals surface area contributed by atoms with Crippen LogP contribution in [0.2, 0.25) is 5.02 Å². The fourth-order valence-corrected chi connectivity index (χ4v) is 4.39. The molecule has 2 heterocycles. The molecule has 1 saturated heterocycles. The molecule has 1 aromatic heterocycles. The molecule has 3 unspecified atom stereocenters. The molecule has 3 aromatic rings. The van der Waals surface area contributed by atoms with Gasteiger partial charge in [-0.15, -0.1) is 0 Å². The maximum absolute atomic E-state index is 13.0. The van der Waals surface area contributed by atoms with E-state index in [1.165, 1.54) is 5.56 Å². The van der Waals surface area contributed by atoms with E-state index in [4.69, 9.17) is 16.1 Å². The number of halogens is 1. The van der Waals surface area contributed by atoms with Crippen LogP contribution >= 0.6 is 11.6 Å². The van der Waals surface area contributed by atoms with Crippen LogP contribution in [-0.4, -0.2) is 34.0 Å². The van der Waals surface area contributed by atoms with Crippen molar-refractivity contribution in [2.45, 2.75) is 31.1 Å². The van der Waals surface area contributed by atoms with Gasteiger partial charge in [-0.05, 0) is 55.0 Å². The van der Waals surface area contributed by atoms with Crippen LogP contribution in [0, 0.1) is 5.92 Å². The Labute approximate surface area is 174 Å². The Morgan fingerprint density at radius 2 is 1.90 bits per heavy atom. The molecule has 1 saturated carbocycles. The number of hydrogen-bond donors (Lipinski definition) is 0. The fraction of sp³-hybridized carbons (Fsp3) is 0.348. The van der Waals surface area contributed by atoms with Gasteiger partial charge in [-0.1, -0.05) is 47.1 Å². The van der Waals surface area contributed by atoms with E-state index < -0.39 is 0 Å². The summed E-state index contributed by atoms with van der Waals surface area (Å²) in [7, 11) is 0. The van der Waals surface area contributed by atoms with Gasteiger partial charge >= 0.3 is 0 Å². The van der Waals surface area contributed by atoms with Crippen LogP contribution < -0.4 is 0 Å². The molecule has 3 atom stereocenters. The number of carbonyl (C=O) groups excluding carboxylic acids is 1. The SMILES string of the molecule is O=C(C1CC1c1ccccc1)N1CCCC(c2nc(-c3ccc(Cl)cc3)no2)C1. The average molecular weight is 408 g/mol. The number of carbonyl (C=O) groups is 1. The first-order valence-corrected chi connectivity index (χ1v) is 10.5. The molecule has 0 bridgehead atoms. The van der Waals surface area contributed by atoms with Crippen molar-refractivity contribution in [2.24, 2.45) is 5.92 Å². The molecule has 6 heteroatoms. The number of amides is 1. The second kappa shape index (κ2) is 7.64. The lowest BCUT2D eigenvalue weighted by molar-refractivity contribution is -0.134. The molecule has 0 radical (unpaired) electrons. The summed E-state index contributed by atoms with van der Waals surface area (Å²) in [5.74, 6) is 2.01.